The number of nitrogens with zero attached hydrogens (tertiary/aromatic N) is 1. The molecule has 15 heavy (non-hydrogen) atoms. The van der Waals surface area contributed by atoms with Gasteiger partial charge in [0, 0.05) is 18.6 Å². The number of likely N-dealkylation sites (tertiary alicyclic amines) is 1. The molecule has 2 heteroatoms. The molecule has 1 saturated carbocycles. The van der Waals surface area contributed by atoms with E-state index in [0.717, 1.165) is 23.9 Å². The largest absolute Gasteiger partial charge is 0.317 e. The number of piperidine rings is 1. The minimum atomic E-state index is 0.750. The van der Waals surface area contributed by atoms with Gasteiger partial charge in [-0.15, -0.1) is 0 Å². The van der Waals surface area contributed by atoms with Crippen LogP contribution in [0.3, 0.4) is 0 Å². The monoisotopic (exact) mass is 210 g/mol. The highest BCUT2D eigenvalue weighted by Crippen LogP contribution is 2.31. The van der Waals surface area contributed by atoms with Crippen LogP contribution < -0.4 is 5.32 Å². The van der Waals surface area contributed by atoms with Gasteiger partial charge in [-0.25, -0.2) is 0 Å². The first kappa shape index (κ1) is 11.4. The highest BCUT2D eigenvalue weighted by Gasteiger charge is 2.32. The van der Waals surface area contributed by atoms with E-state index in [9.17, 15) is 0 Å². The van der Waals surface area contributed by atoms with Crippen molar-refractivity contribution >= 4 is 0 Å². The van der Waals surface area contributed by atoms with Gasteiger partial charge in [0.2, 0.25) is 0 Å². The Balaban J connectivity index is 1.85. The number of hydrogen-bond acceptors (Lipinski definition) is 2. The van der Waals surface area contributed by atoms with Crippen LogP contribution in [0.25, 0.3) is 0 Å². The van der Waals surface area contributed by atoms with Crippen molar-refractivity contribution in [2.24, 2.45) is 11.8 Å². The zero-order valence-electron chi connectivity index (χ0n) is 10.5. The molecule has 4 unspecified atom stereocenters. The Bertz CT molecular complexity index is 205. The molecule has 88 valence electrons. The van der Waals surface area contributed by atoms with E-state index >= 15 is 0 Å². The van der Waals surface area contributed by atoms with Crippen LogP contribution in [0.5, 0.6) is 0 Å². The first-order chi connectivity index (χ1) is 7.20. The predicted molar refractivity (Wildman–Crippen MR) is 65.0 cm³/mol. The lowest BCUT2D eigenvalue weighted by atomic mass is 9.92. The standard InChI is InChI=1S/C13H26N2/c1-10-4-5-12(8-10)15-7-6-13(14-3)11(2)9-15/h10-14H,4-9H2,1-3H3. The SMILES string of the molecule is CNC1CCN(C2CCC(C)C2)CC1C. The molecule has 2 aliphatic rings. The van der Waals surface area contributed by atoms with E-state index < -0.39 is 0 Å². The summed E-state index contributed by atoms with van der Waals surface area (Å²) >= 11 is 0. The van der Waals surface area contributed by atoms with Crippen molar-refractivity contribution in [3.8, 4) is 0 Å². The second-order valence-electron chi connectivity index (χ2n) is 5.73. The number of hydrogen-bond donors (Lipinski definition) is 1. The zero-order valence-corrected chi connectivity index (χ0v) is 10.5. The Morgan fingerprint density at radius 1 is 1.13 bits per heavy atom. The lowest BCUT2D eigenvalue weighted by Crippen LogP contribution is -2.50. The summed E-state index contributed by atoms with van der Waals surface area (Å²) in [6.07, 6.45) is 5.67. The van der Waals surface area contributed by atoms with E-state index in [1.54, 1.807) is 0 Å². The summed E-state index contributed by atoms with van der Waals surface area (Å²) in [5.41, 5.74) is 0. The molecule has 0 bridgehead atoms. The molecule has 0 aromatic rings. The fourth-order valence-electron chi connectivity index (χ4n) is 3.45. The van der Waals surface area contributed by atoms with Crippen molar-refractivity contribution in [2.45, 2.75) is 51.6 Å². The highest BCUT2D eigenvalue weighted by atomic mass is 15.2. The van der Waals surface area contributed by atoms with Crippen LogP contribution in [0.15, 0.2) is 0 Å². The van der Waals surface area contributed by atoms with E-state index in [2.05, 4.69) is 31.1 Å². The summed E-state index contributed by atoms with van der Waals surface area (Å²) in [6, 6.07) is 1.65. The Kier molecular flexibility index (Phi) is 3.68. The molecule has 2 nitrogen and oxygen atoms in total. The molecule has 0 aromatic heterocycles. The molecule has 0 amide bonds. The van der Waals surface area contributed by atoms with Gasteiger partial charge in [-0.2, -0.15) is 0 Å². The summed E-state index contributed by atoms with van der Waals surface area (Å²) in [7, 11) is 2.11. The molecule has 0 aromatic carbocycles. The summed E-state index contributed by atoms with van der Waals surface area (Å²) in [6.45, 7) is 7.42. The second-order valence-corrected chi connectivity index (χ2v) is 5.73. The topological polar surface area (TPSA) is 15.3 Å². The molecule has 0 spiro atoms. The molecule has 1 heterocycles. The fourth-order valence-corrected chi connectivity index (χ4v) is 3.45. The van der Waals surface area contributed by atoms with Gasteiger partial charge in [-0.1, -0.05) is 13.8 Å². The van der Waals surface area contributed by atoms with Crippen molar-refractivity contribution in [1.82, 2.24) is 10.2 Å². The molecule has 1 N–H and O–H groups in total. The van der Waals surface area contributed by atoms with Gasteiger partial charge in [0.05, 0.1) is 0 Å². The molecule has 0 radical (unpaired) electrons. The van der Waals surface area contributed by atoms with Crippen molar-refractivity contribution in [2.75, 3.05) is 20.1 Å². The smallest absolute Gasteiger partial charge is 0.0114 e. The van der Waals surface area contributed by atoms with Crippen LogP contribution in [0.1, 0.15) is 39.5 Å². The van der Waals surface area contributed by atoms with Gasteiger partial charge in [-0.3, -0.25) is 4.90 Å². The molecule has 1 aliphatic carbocycles. The summed E-state index contributed by atoms with van der Waals surface area (Å²) in [5, 5.41) is 3.45. The Hall–Kier alpha value is -0.0800. The van der Waals surface area contributed by atoms with Gasteiger partial charge in [0.1, 0.15) is 0 Å². The molecule has 1 aliphatic heterocycles. The molecule has 4 atom stereocenters. The van der Waals surface area contributed by atoms with Crippen LogP contribution in [0.4, 0.5) is 0 Å². The van der Waals surface area contributed by atoms with E-state index in [0.29, 0.717) is 0 Å². The first-order valence-electron chi connectivity index (χ1n) is 6.62. The van der Waals surface area contributed by atoms with Crippen LogP contribution in [0, 0.1) is 11.8 Å². The number of rotatable bonds is 2. The third-order valence-corrected chi connectivity index (χ3v) is 4.49. The normalized spacial score (nSPS) is 43.4. The van der Waals surface area contributed by atoms with E-state index in [4.69, 9.17) is 0 Å². The third kappa shape index (κ3) is 2.54. The molecule has 1 saturated heterocycles. The predicted octanol–water partition coefficient (Wildman–Crippen LogP) is 2.10. The van der Waals surface area contributed by atoms with Gasteiger partial charge in [0.15, 0.2) is 0 Å². The van der Waals surface area contributed by atoms with E-state index in [1.807, 2.05) is 0 Å². The lowest BCUT2D eigenvalue weighted by molar-refractivity contribution is 0.107. The van der Waals surface area contributed by atoms with Crippen LogP contribution >= 0.6 is 0 Å². The maximum absolute atomic E-state index is 3.45. The average molecular weight is 210 g/mol. The summed E-state index contributed by atoms with van der Waals surface area (Å²) < 4.78 is 0. The van der Waals surface area contributed by atoms with Gasteiger partial charge in [0.25, 0.3) is 0 Å². The lowest BCUT2D eigenvalue weighted by Gasteiger charge is -2.40. The maximum Gasteiger partial charge on any atom is 0.0114 e. The third-order valence-electron chi connectivity index (χ3n) is 4.49. The fraction of sp³-hybridized carbons (Fsp3) is 1.00. The zero-order chi connectivity index (χ0) is 10.8. The van der Waals surface area contributed by atoms with Crippen LogP contribution in [-0.4, -0.2) is 37.1 Å². The molecular formula is C13H26N2. The molecule has 2 rings (SSSR count). The Morgan fingerprint density at radius 2 is 1.93 bits per heavy atom. The first-order valence-corrected chi connectivity index (χ1v) is 6.62. The average Bonchev–Trinajstić information content (AvgIpc) is 2.65. The maximum atomic E-state index is 3.45. The molecule has 2 fully saturated rings. The van der Waals surface area contributed by atoms with Crippen molar-refractivity contribution in [1.29, 1.82) is 0 Å². The quantitative estimate of drug-likeness (QED) is 0.751. The van der Waals surface area contributed by atoms with E-state index in [1.165, 1.54) is 38.8 Å². The molecular weight excluding hydrogens is 184 g/mol. The van der Waals surface area contributed by atoms with Crippen molar-refractivity contribution in [3.63, 3.8) is 0 Å². The minimum absolute atomic E-state index is 0.750. The Morgan fingerprint density at radius 3 is 2.47 bits per heavy atom. The van der Waals surface area contributed by atoms with Gasteiger partial charge < -0.3 is 5.32 Å². The summed E-state index contributed by atoms with van der Waals surface area (Å²) in [5.74, 6) is 1.78. The second kappa shape index (κ2) is 4.84. The Labute approximate surface area is 94.4 Å². The van der Waals surface area contributed by atoms with Crippen molar-refractivity contribution < 1.29 is 0 Å². The van der Waals surface area contributed by atoms with Gasteiger partial charge >= 0.3 is 0 Å². The summed E-state index contributed by atoms with van der Waals surface area (Å²) in [4.78, 5) is 2.75. The number of nitrogens with one attached hydrogen (secondary N) is 1. The van der Waals surface area contributed by atoms with Crippen LogP contribution in [0.2, 0.25) is 0 Å². The van der Waals surface area contributed by atoms with Crippen LogP contribution in [-0.2, 0) is 0 Å². The van der Waals surface area contributed by atoms with Crippen molar-refractivity contribution in [3.05, 3.63) is 0 Å². The highest BCUT2D eigenvalue weighted by molar-refractivity contribution is 4.88. The van der Waals surface area contributed by atoms with E-state index in [-0.39, 0.29) is 0 Å². The van der Waals surface area contributed by atoms with Gasteiger partial charge in [-0.05, 0) is 51.1 Å². The minimum Gasteiger partial charge on any atom is -0.317 e.